The van der Waals surface area contributed by atoms with E-state index in [0.29, 0.717) is 57.8 Å². The maximum atomic E-state index is 13.3. The average molecular weight is 707 g/mol. The maximum absolute atomic E-state index is 13.3. The van der Waals surface area contributed by atoms with Crippen molar-refractivity contribution in [2.24, 2.45) is 35.5 Å². The number of rotatable bonds is 7. The summed E-state index contributed by atoms with van der Waals surface area (Å²) in [4.78, 5) is 26.5. The van der Waals surface area contributed by atoms with Gasteiger partial charge in [0, 0.05) is 29.2 Å². The molecule has 0 heterocycles. The number of nitrogens with one attached hydrogen (secondary N) is 2. The van der Waals surface area contributed by atoms with Crippen LogP contribution >= 0.6 is 0 Å². The third kappa shape index (κ3) is 11.5. The van der Waals surface area contributed by atoms with Gasteiger partial charge in [0.2, 0.25) is 11.8 Å². The molecule has 5 rings (SSSR count). The Hall–Kier alpha value is 1.06. The van der Waals surface area contributed by atoms with E-state index >= 15 is 0 Å². The Kier molecular flexibility index (Phi) is 18.5. The number of hydrogen-bond donors (Lipinski definition) is 2. The summed E-state index contributed by atoms with van der Waals surface area (Å²) >= 11 is 0. The summed E-state index contributed by atoms with van der Waals surface area (Å²) in [5.74, 6) is -2.30. The first-order chi connectivity index (χ1) is 20.5. The van der Waals surface area contributed by atoms with E-state index < -0.39 is 70.3 Å². The van der Waals surface area contributed by atoms with Crippen LogP contribution in [0.2, 0.25) is 0 Å². The normalized spacial score (nSPS) is 36.9. The van der Waals surface area contributed by atoms with Crippen molar-refractivity contribution in [1.29, 1.82) is 0 Å². The molecule has 0 aromatic heterocycles. The quantitative estimate of drug-likeness (QED) is 0.143. The van der Waals surface area contributed by atoms with Crippen molar-refractivity contribution < 1.29 is 124 Å². The van der Waals surface area contributed by atoms with Crippen LogP contribution in [0.5, 0.6) is 0 Å². The Balaban J connectivity index is 0.00000288. The van der Waals surface area contributed by atoms with E-state index in [2.05, 4.69) is 10.6 Å². The predicted molar refractivity (Wildman–Crippen MR) is 154 cm³/mol. The molecular weight excluding hydrogens is 664 g/mol. The van der Waals surface area contributed by atoms with Crippen molar-refractivity contribution in [3.8, 4) is 0 Å². The molecule has 0 aromatic carbocycles. The van der Waals surface area contributed by atoms with Crippen molar-refractivity contribution in [3.63, 3.8) is 0 Å². The minimum atomic E-state index is -4.80. The van der Waals surface area contributed by atoms with Gasteiger partial charge in [0.25, 0.3) is 0 Å². The molecule has 252 valence electrons. The number of hydrogen-bond acceptors (Lipinski definition) is 11. The molecule has 5 aliphatic rings. The third-order valence-corrected chi connectivity index (χ3v) is 15.0. The summed E-state index contributed by atoms with van der Waals surface area (Å²) in [7, 11) is -14.0. The fraction of sp³-hybridized carbons (Fsp3) is 0.893. The van der Waals surface area contributed by atoms with Gasteiger partial charge in [-0.3, -0.25) is 9.59 Å². The van der Waals surface area contributed by atoms with Crippen LogP contribution in [0.4, 0.5) is 0 Å². The Morgan fingerprint density at radius 3 is 1.50 bits per heavy atom. The van der Waals surface area contributed by atoms with Gasteiger partial charge in [-0.25, -0.2) is 25.3 Å². The molecule has 5 aliphatic carbocycles. The molecule has 0 aliphatic heterocycles. The van der Waals surface area contributed by atoms with Crippen LogP contribution < -0.4 is 86.1 Å². The van der Waals surface area contributed by atoms with Gasteiger partial charge >= 0.3 is 75.4 Å². The largest absolute Gasteiger partial charge is 1.00 e. The molecule has 11 unspecified atom stereocenters. The van der Waals surface area contributed by atoms with Crippen molar-refractivity contribution >= 4 is 42.2 Å². The first-order valence-electron chi connectivity index (χ1n) is 15.8. The van der Waals surface area contributed by atoms with E-state index in [1.54, 1.807) is 0 Å². The molecule has 20 heteroatoms. The van der Waals surface area contributed by atoms with Crippen molar-refractivity contribution in [3.05, 3.63) is 6.42 Å². The summed E-state index contributed by atoms with van der Waals surface area (Å²) in [6.07, 6.45) is 7.47. The second-order valence-corrected chi connectivity index (χ2v) is 18.7. The van der Waals surface area contributed by atoms with Gasteiger partial charge in [-0.2, -0.15) is 12.8 Å². The van der Waals surface area contributed by atoms with Gasteiger partial charge in [0.1, 0.15) is 0 Å². The van der Waals surface area contributed by atoms with Gasteiger partial charge in [0.05, 0.1) is 40.9 Å². The minimum Gasteiger partial charge on any atom is -0.748 e. The summed E-state index contributed by atoms with van der Waals surface area (Å²) in [5, 5.41) is 2.35. The zero-order valence-corrected chi connectivity index (χ0v) is 31.0. The molecule has 0 saturated heterocycles. The Bertz CT molecular complexity index is 1440. The van der Waals surface area contributed by atoms with E-state index in [1.807, 2.05) is 6.42 Å². The summed E-state index contributed by atoms with van der Waals surface area (Å²) < 4.78 is 106. The number of carbonyl (C=O) groups is 2. The van der Waals surface area contributed by atoms with E-state index in [9.17, 15) is 48.5 Å². The second-order valence-electron chi connectivity index (χ2n) is 13.9. The molecule has 0 aromatic rings. The molecular formula is C28H42Li4N2O11S3. The van der Waals surface area contributed by atoms with Crippen LogP contribution in [0.25, 0.3) is 0 Å². The SMILES string of the molecule is O=C(NC1CCC2C(C[CH-]CC2S(=O)(=O)[O-])C1)C1CCCC(C(=O)NC2CCC3C(C2)CC(S(=O)(=O)[O-])CC3S(=O)(=O)[O-])C1.[Li+].[Li+].[Li+].[Li+]. The summed E-state index contributed by atoms with van der Waals surface area (Å²) in [6.45, 7) is 0. The third-order valence-electron chi connectivity index (χ3n) is 11.2. The molecule has 2 N–H and O–H groups in total. The van der Waals surface area contributed by atoms with E-state index in [4.69, 9.17) is 0 Å². The average Bonchev–Trinajstić information content (AvgIpc) is 2.94. The molecule has 48 heavy (non-hydrogen) atoms. The fourth-order valence-electron chi connectivity index (χ4n) is 9.08. The first-order valence-corrected chi connectivity index (χ1v) is 20.2. The Morgan fingerprint density at radius 1 is 0.542 bits per heavy atom. The van der Waals surface area contributed by atoms with Crippen molar-refractivity contribution in [2.75, 3.05) is 0 Å². The Labute approximate surface area is 333 Å². The summed E-state index contributed by atoms with van der Waals surface area (Å²) in [5.41, 5.74) is 0. The van der Waals surface area contributed by atoms with Gasteiger partial charge < -0.3 is 30.7 Å². The van der Waals surface area contributed by atoms with E-state index in [-0.39, 0.29) is 136 Å². The van der Waals surface area contributed by atoms with Gasteiger partial charge in [0.15, 0.2) is 0 Å². The van der Waals surface area contributed by atoms with Crippen LogP contribution in [0.15, 0.2) is 0 Å². The number of amides is 2. The number of carbonyl (C=O) groups excluding carboxylic acids is 2. The van der Waals surface area contributed by atoms with Crippen LogP contribution in [0.3, 0.4) is 0 Å². The van der Waals surface area contributed by atoms with Crippen LogP contribution in [0.1, 0.15) is 89.9 Å². The van der Waals surface area contributed by atoms with Crippen molar-refractivity contribution in [2.45, 2.75) is 118 Å². The smallest absolute Gasteiger partial charge is 0.748 e. The standard InChI is InChI=1S/C28H45N2O11S3.4Li/c31-27(29-20-7-9-23-16(12-20)3-2-6-25(23)43(36,37)38)17-4-1-5-18(11-17)28(32)30-21-8-10-24-19(13-21)14-22(42(33,34)35)15-26(24)44(39,40)41;;;;/h2,16-26H,1,3-15H2,(H,29,31)(H,30,32)(H,33,34,35)(H,36,37,38)(H,39,40,41);;;;/q-1;4*+1/p-3. The molecule has 0 bridgehead atoms. The Morgan fingerprint density at radius 2 is 1.02 bits per heavy atom. The fourth-order valence-corrected chi connectivity index (χ4v) is 12.5. The predicted octanol–water partition coefficient (Wildman–Crippen LogP) is -10.9. The second kappa shape index (κ2) is 18.9. The molecule has 0 radical (unpaired) electrons. The zero-order chi connectivity index (χ0) is 32.0. The molecule has 0 spiro atoms. The zero-order valence-electron chi connectivity index (χ0n) is 28.5. The molecule has 11 atom stereocenters. The van der Waals surface area contributed by atoms with Gasteiger partial charge in [-0.1, -0.05) is 12.3 Å². The van der Waals surface area contributed by atoms with Gasteiger partial charge in [-0.15, -0.1) is 0 Å². The van der Waals surface area contributed by atoms with E-state index in [0.717, 1.165) is 6.42 Å². The van der Waals surface area contributed by atoms with Crippen LogP contribution in [0, 0.1) is 41.9 Å². The topological polar surface area (TPSA) is 230 Å². The van der Waals surface area contributed by atoms with Crippen LogP contribution in [-0.4, -0.2) is 78.6 Å². The molecule has 5 fully saturated rings. The van der Waals surface area contributed by atoms with E-state index in [1.165, 1.54) is 0 Å². The molecule has 5 saturated carbocycles. The van der Waals surface area contributed by atoms with Crippen LogP contribution in [-0.2, 0) is 39.9 Å². The maximum Gasteiger partial charge on any atom is 1.00 e. The van der Waals surface area contributed by atoms with Gasteiger partial charge in [-0.05, 0) is 88.4 Å². The monoisotopic (exact) mass is 706 g/mol. The first kappa shape index (κ1) is 47.1. The van der Waals surface area contributed by atoms with Crippen molar-refractivity contribution in [1.82, 2.24) is 10.6 Å². The molecule has 13 nitrogen and oxygen atoms in total. The minimum absolute atomic E-state index is 0. The molecule has 2 amide bonds. The summed E-state index contributed by atoms with van der Waals surface area (Å²) in [6, 6.07) is -0.473. The number of fused-ring (bicyclic) bond motifs is 2.